The second-order valence-corrected chi connectivity index (χ2v) is 7.13. The lowest BCUT2D eigenvalue weighted by Crippen LogP contribution is -2.38. The van der Waals surface area contributed by atoms with Crippen LogP contribution in [0.4, 0.5) is 9.59 Å². The smallest absolute Gasteiger partial charge is 0.405 e. The maximum Gasteiger partial charge on any atom is 0.405 e. The van der Waals surface area contributed by atoms with Crippen LogP contribution in [-0.2, 0) is 0 Å². The fraction of sp³-hybridized carbons (Fsp3) is 0.875. The Bertz CT molecular complexity index is 396. The van der Waals surface area contributed by atoms with Crippen LogP contribution in [0, 0.1) is 0 Å². The number of rotatable bonds is 13. The van der Waals surface area contributed by atoms with Gasteiger partial charge in [-0.3, -0.25) is 0 Å². The van der Waals surface area contributed by atoms with Crippen LogP contribution in [-0.4, -0.2) is 59.7 Å². The molecule has 2 aliphatic carbocycles. The highest BCUT2D eigenvalue weighted by molar-refractivity contribution is 5.66. The molecule has 8 nitrogen and oxygen atoms in total. The van der Waals surface area contributed by atoms with E-state index in [9.17, 15) is 9.59 Å². The molecule has 0 radical (unpaired) electrons. The molecule has 2 rings (SSSR count). The summed E-state index contributed by atoms with van der Waals surface area (Å²) in [6.45, 7) is 3.57. The average Bonchev–Trinajstić information content (AvgIpc) is 3.40. The molecule has 0 aromatic rings. The molecule has 0 aromatic carbocycles. The lowest BCUT2D eigenvalue weighted by Gasteiger charge is -2.16. The Morgan fingerprint density at radius 3 is 1.38 bits per heavy atom. The van der Waals surface area contributed by atoms with E-state index in [0.29, 0.717) is 0 Å². The van der Waals surface area contributed by atoms with E-state index >= 15 is 0 Å². The van der Waals surface area contributed by atoms with Crippen molar-refractivity contribution in [2.75, 3.05) is 26.2 Å². The zero-order chi connectivity index (χ0) is 17.5. The number of amides is 2. The predicted molar refractivity (Wildman–Crippen MR) is 90.5 cm³/mol. The summed E-state index contributed by atoms with van der Waals surface area (Å²) in [5.41, 5.74) is -0.327. The van der Waals surface area contributed by atoms with Crippen molar-refractivity contribution >= 4 is 12.2 Å². The number of carboxylic acid groups (broad SMARTS) is 2. The summed E-state index contributed by atoms with van der Waals surface area (Å²) in [6, 6.07) is 0. The van der Waals surface area contributed by atoms with Gasteiger partial charge in [-0.1, -0.05) is 0 Å². The zero-order valence-corrected chi connectivity index (χ0v) is 14.2. The summed E-state index contributed by atoms with van der Waals surface area (Å²) in [7, 11) is 0. The van der Waals surface area contributed by atoms with E-state index in [2.05, 4.69) is 21.3 Å². The van der Waals surface area contributed by atoms with Crippen molar-refractivity contribution in [3.8, 4) is 0 Å². The summed E-state index contributed by atoms with van der Waals surface area (Å²) < 4.78 is 0. The molecular formula is C16H30N4O4. The van der Waals surface area contributed by atoms with Crippen LogP contribution in [0.3, 0.4) is 0 Å². The molecule has 0 bridgehead atoms. The summed E-state index contributed by atoms with van der Waals surface area (Å²) in [6.07, 6.45) is 5.80. The third-order valence-corrected chi connectivity index (χ3v) is 4.97. The molecule has 0 atom stereocenters. The molecule has 0 aliphatic heterocycles. The first-order chi connectivity index (χ1) is 11.5. The SMILES string of the molecule is O=C(O)NC1(CCNCCCCNCCC2(NC(=O)O)CC2)CC1. The maximum atomic E-state index is 10.7. The van der Waals surface area contributed by atoms with Gasteiger partial charge in [0.15, 0.2) is 0 Å². The first kappa shape index (κ1) is 18.8. The van der Waals surface area contributed by atoms with Gasteiger partial charge in [0.2, 0.25) is 0 Å². The number of hydrogen-bond acceptors (Lipinski definition) is 4. The van der Waals surface area contributed by atoms with Crippen LogP contribution in [0.2, 0.25) is 0 Å². The van der Waals surface area contributed by atoms with Crippen LogP contribution < -0.4 is 21.3 Å². The van der Waals surface area contributed by atoms with Crippen LogP contribution in [0.5, 0.6) is 0 Å². The highest BCUT2D eigenvalue weighted by Gasteiger charge is 2.44. The minimum atomic E-state index is -0.926. The molecule has 2 saturated carbocycles. The average molecular weight is 342 g/mol. The Kier molecular flexibility index (Phi) is 6.68. The fourth-order valence-electron chi connectivity index (χ4n) is 3.04. The van der Waals surface area contributed by atoms with Gasteiger partial charge in [-0.15, -0.1) is 0 Å². The second kappa shape index (κ2) is 8.53. The number of nitrogens with one attached hydrogen (secondary N) is 4. The number of carbonyl (C=O) groups is 2. The zero-order valence-electron chi connectivity index (χ0n) is 14.2. The van der Waals surface area contributed by atoms with Crippen molar-refractivity contribution in [1.82, 2.24) is 21.3 Å². The molecule has 6 N–H and O–H groups in total. The predicted octanol–water partition coefficient (Wildman–Crippen LogP) is 1.33. The van der Waals surface area contributed by atoms with Crippen molar-refractivity contribution in [2.24, 2.45) is 0 Å². The van der Waals surface area contributed by atoms with Gasteiger partial charge in [-0.25, -0.2) is 9.59 Å². The van der Waals surface area contributed by atoms with Crippen LogP contribution >= 0.6 is 0 Å². The molecule has 24 heavy (non-hydrogen) atoms. The molecule has 0 unspecified atom stereocenters. The van der Waals surface area contributed by atoms with Gasteiger partial charge in [0.05, 0.1) is 0 Å². The number of unbranched alkanes of at least 4 members (excludes halogenated alkanes) is 1. The fourth-order valence-corrected chi connectivity index (χ4v) is 3.04. The molecule has 2 aliphatic rings. The van der Waals surface area contributed by atoms with Crippen molar-refractivity contribution in [3.63, 3.8) is 0 Å². The highest BCUT2D eigenvalue weighted by Crippen LogP contribution is 2.38. The number of hydrogen-bond donors (Lipinski definition) is 6. The first-order valence-electron chi connectivity index (χ1n) is 8.89. The Morgan fingerprint density at radius 1 is 0.708 bits per heavy atom. The molecule has 2 fully saturated rings. The molecule has 2 amide bonds. The van der Waals surface area contributed by atoms with Gasteiger partial charge in [-0.05, 0) is 77.5 Å². The summed E-state index contributed by atoms with van der Waals surface area (Å²) in [5, 5.41) is 29.5. The Morgan fingerprint density at radius 2 is 1.08 bits per heavy atom. The molecule has 0 saturated heterocycles. The van der Waals surface area contributed by atoms with Gasteiger partial charge < -0.3 is 31.5 Å². The first-order valence-corrected chi connectivity index (χ1v) is 8.89. The van der Waals surface area contributed by atoms with E-state index in [1.165, 1.54) is 0 Å². The van der Waals surface area contributed by atoms with Crippen LogP contribution in [0.1, 0.15) is 51.4 Å². The molecule has 0 spiro atoms. The Hall–Kier alpha value is -1.54. The lowest BCUT2D eigenvalue weighted by atomic mass is 10.2. The van der Waals surface area contributed by atoms with Gasteiger partial charge in [0.1, 0.15) is 0 Å². The van der Waals surface area contributed by atoms with Crippen molar-refractivity contribution in [2.45, 2.75) is 62.4 Å². The van der Waals surface area contributed by atoms with E-state index in [0.717, 1.165) is 77.5 Å². The quantitative estimate of drug-likeness (QED) is 0.281. The van der Waals surface area contributed by atoms with E-state index in [1.54, 1.807) is 0 Å². The third kappa shape index (κ3) is 6.92. The van der Waals surface area contributed by atoms with Crippen LogP contribution in [0.15, 0.2) is 0 Å². The second-order valence-electron chi connectivity index (χ2n) is 7.13. The van der Waals surface area contributed by atoms with Gasteiger partial charge in [-0.2, -0.15) is 0 Å². The van der Waals surface area contributed by atoms with Crippen molar-refractivity contribution in [3.05, 3.63) is 0 Å². The van der Waals surface area contributed by atoms with Gasteiger partial charge in [0, 0.05) is 11.1 Å². The minimum absolute atomic E-state index is 0.164. The lowest BCUT2D eigenvalue weighted by molar-refractivity contribution is 0.186. The van der Waals surface area contributed by atoms with Gasteiger partial charge >= 0.3 is 12.2 Å². The van der Waals surface area contributed by atoms with Gasteiger partial charge in [0.25, 0.3) is 0 Å². The molecule has 138 valence electrons. The van der Waals surface area contributed by atoms with Crippen LogP contribution in [0.25, 0.3) is 0 Å². The van der Waals surface area contributed by atoms with E-state index < -0.39 is 12.2 Å². The highest BCUT2D eigenvalue weighted by atomic mass is 16.4. The van der Waals surface area contributed by atoms with Crippen molar-refractivity contribution in [1.29, 1.82) is 0 Å². The molecular weight excluding hydrogens is 312 g/mol. The minimum Gasteiger partial charge on any atom is -0.465 e. The van der Waals surface area contributed by atoms with E-state index in [4.69, 9.17) is 10.2 Å². The summed E-state index contributed by atoms with van der Waals surface area (Å²) in [4.78, 5) is 21.3. The molecule has 0 aromatic heterocycles. The van der Waals surface area contributed by atoms with E-state index in [-0.39, 0.29) is 11.1 Å². The normalized spacial score (nSPS) is 19.5. The Labute approximate surface area is 142 Å². The summed E-state index contributed by atoms with van der Waals surface area (Å²) >= 11 is 0. The van der Waals surface area contributed by atoms with E-state index in [1.807, 2.05) is 0 Å². The Balaban J connectivity index is 1.36. The molecule has 8 heteroatoms. The van der Waals surface area contributed by atoms with Crippen molar-refractivity contribution < 1.29 is 19.8 Å². The molecule has 0 heterocycles. The topological polar surface area (TPSA) is 123 Å². The maximum absolute atomic E-state index is 10.7. The monoisotopic (exact) mass is 342 g/mol. The third-order valence-electron chi connectivity index (χ3n) is 4.97. The summed E-state index contributed by atoms with van der Waals surface area (Å²) in [5.74, 6) is 0. The standard InChI is InChI=1S/C16H30N4O4/c21-13(22)19-15(3-4-15)7-11-17-9-1-2-10-18-12-8-16(5-6-16)20-14(23)24/h17-20H,1-12H2,(H,21,22)(H,23,24). The largest absolute Gasteiger partial charge is 0.465 e.